The Morgan fingerprint density at radius 3 is 2.91 bits per heavy atom. The molecule has 1 N–H and O–H groups in total. The molecule has 0 bridgehead atoms. The zero-order chi connectivity index (χ0) is 14.9. The van der Waals surface area contributed by atoms with Gasteiger partial charge in [-0.05, 0) is 29.8 Å². The molecular formula is C18H13NO3. The lowest BCUT2D eigenvalue weighted by molar-refractivity contribution is 0.104. The number of ether oxygens (including phenoxy) is 2. The molecule has 1 aromatic heterocycles. The third-order valence-electron chi connectivity index (χ3n) is 3.68. The van der Waals surface area contributed by atoms with Crippen molar-refractivity contribution >= 4 is 22.8 Å². The molecule has 4 heteroatoms. The summed E-state index contributed by atoms with van der Waals surface area (Å²) in [6.45, 7) is 0.247. The first kappa shape index (κ1) is 12.7. The molecule has 0 unspecified atom stereocenters. The number of carbonyl (C=O) groups excluding carboxylic acids is 1. The fourth-order valence-electron chi connectivity index (χ4n) is 2.55. The molecule has 0 radical (unpaired) electrons. The maximum atomic E-state index is 12.4. The van der Waals surface area contributed by atoms with Gasteiger partial charge in [0.05, 0.1) is 0 Å². The Balaban J connectivity index is 1.61. The molecule has 0 spiro atoms. The Hall–Kier alpha value is -3.01. The third kappa shape index (κ3) is 2.15. The molecule has 0 fully saturated rings. The van der Waals surface area contributed by atoms with Gasteiger partial charge in [0.15, 0.2) is 17.3 Å². The van der Waals surface area contributed by atoms with Crippen LogP contribution >= 0.6 is 0 Å². The molecule has 4 rings (SSSR count). The van der Waals surface area contributed by atoms with Crippen molar-refractivity contribution in [3.63, 3.8) is 0 Å². The quantitative estimate of drug-likeness (QED) is 0.590. The fourth-order valence-corrected chi connectivity index (χ4v) is 2.55. The predicted octanol–water partition coefficient (Wildman–Crippen LogP) is 3.79. The molecule has 4 nitrogen and oxygen atoms in total. The standard InChI is InChI=1S/C18H13NO3/c20-16(14-10-19-15-4-2-1-3-13(14)15)7-5-12-6-8-17-18(9-12)22-11-21-17/h1-10,19H,11H2/b7-5+. The third-order valence-corrected chi connectivity index (χ3v) is 3.68. The Kier molecular flexibility index (Phi) is 2.93. The van der Waals surface area contributed by atoms with Gasteiger partial charge in [0.2, 0.25) is 6.79 Å². The number of hydrogen-bond acceptors (Lipinski definition) is 3. The highest BCUT2D eigenvalue weighted by Gasteiger charge is 2.13. The molecular weight excluding hydrogens is 278 g/mol. The Labute approximate surface area is 127 Å². The van der Waals surface area contributed by atoms with Crippen LogP contribution in [0.25, 0.3) is 17.0 Å². The number of aromatic nitrogens is 1. The lowest BCUT2D eigenvalue weighted by atomic mass is 10.1. The molecule has 0 saturated carbocycles. The summed E-state index contributed by atoms with van der Waals surface area (Å²) in [5, 5.41) is 0.933. The number of benzene rings is 2. The highest BCUT2D eigenvalue weighted by Crippen LogP contribution is 2.32. The molecule has 1 aliphatic rings. The maximum Gasteiger partial charge on any atom is 0.231 e. The second-order valence-corrected chi connectivity index (χ2v) is 5.06. The van der Waals surface area contributed by atoms with Crippen molar-refractivity contribution in [3.05, 3.63) is 65.9 Å². The van der Waals surface area contributed by atoms with E-state index in [1.165, 1.54) is 0 Å². The van der Waals surface area contributed by atoms with Crippen molar-refractivity contribution in [2.75, 3.05) is 6.79 Å². The number of H-pyrrole nitrogens is 1. The number of ketones is 1. The summed E-state index contributed by atoms with van der Waals surface area (Å²) in [5.74, 6) is 1.41. The van der Waals surface area contributed by atoms with Gasteiger partial charge in [0.1, 0.15) is 0 Å². The van der Waals surface area contributed by atoms with Gasteiger partial charge in [0.25, 0.3) is 0 Å². The number of aromatic amines is 1. The van der Waals surface area contributed by atoms with Crippen LogP contribution in [0, 0.1) is 0 Å². The minimum atomic E-state index is -0.0323. The predicted molar refractivity (Wildman–Crippen MR) is 84.2 cm³/mol. The van der Waals surface area contributed by atoms with Crippen molar-refractivity contribution in [1.82, 2.24) is 4.98 Å². The maximum absolute atomic E-state index is 12.4. The number of rotatable bonds is 3. The Morgan fingerprint density at radius 1 is 1.09 bits per heavy atom. The monoisotopic (exact) mass is 291 g/mol. The van der Waals surface area contributed by atoms with Crippen molar-refractivity contribution in [1.29, 1.82) is 0 Å². The van der Waals surface area contributed by atoms with Gasteiger partial charge in [-0.1, -0.05) is 30.3 Å². The minimum Gasteiger partial charge on any atom is -0.454 e. The van der Waals surface area contributed by atoms with Gasteiger partial charge in [-0.15, -0.1) is 0 Å². The topological polar surface area (TPSA) is 51.3 Å². The summed E-state index contributed by atoms with van der Waals surface area (Å²) < 4.78 is 10.6. The Bertz CT molecular complexity index is 892. The molecule has 0 amide bonds. The molecule has 0 aliphatic carbocycles. The van der Waals surface area contributed by atoms with E-state index in [1.807, 2.05) is 42.5 Å². The van der Waals surface area contributed by atoms with Gasteiger partial charge in [-0.2, -0.15) is 0 Å². The van der Waals surface area contributed by atoms with E-state index in [2.05, 4.69) is 4.98 Å². The van der Waals surface area contributed by atoms with Crippen LogP contribution in [0.1, 0.15) is 15.9 Å². The van der Waals surface area contributed by atoms with Crippen LogP contribution < -0.4 is 9.47 Å². The highest BCUT2D eigenvalue weighted by atomic mass is 16.7. The van der Waals surface area contributed by atoms with Crippen LogP contribution in [0.15, 0.2) is 54.7 Å². The second kappa shape index (κ2) is 5.07. The lowest BCUT2D eigenvalue weighted by Crippen LogP contribution is -1.93. The van der Waals surface area contributed by atoms with Crippen LogP contribution in [0.2, 0.25) is 0 Å². The average Bonchev–Trinajstić information content (AvgIpc) is 3.18. The molecule has 3 aromatic rings. The van der Waals surface area contributed by atoms with Crippen LogP contribution in [0.3, 0.4) is 0 Å². The number of carbonyl (C=O) groups is 1. The van der Waals surface area contributed by atoms with Gasteiger partial charge < -0.3 is 14.5 Å². The van der Waals surface area contributed by atoms with Crippen molar-refractivity contribution in [3.8, 4) is 11.5 Å². The van der Waals surface area contributed by atoms with E-state index in [4.69, 9.17) is 9.47 Å². The van der Waals surface area contributed by atoms with E-state index in [0.29, 0.717) is 11.3 Å². The van der Waals surface area contributed by atoms with Gasteiger partial charge >= 0.3 is 0 Å². The normalized spacial score (nSPS) is 13.1. The van der Waals surface area contributed by atoms with Gasteiger partial charge in [-0.25, -0.2) is 0 Å². The fraction of sp³-hybridized carbons (Fsp3) is 0.0556. The van der Waals surface area contributed by atoms with Crippen LogP contribution in [-0.4, -0.2) is 17.6 Å². The molecule has 0 atom stereocenters. The first-order chi connectivity index (χ1) is 10.8. The number of allylic oxidation sites excluding steroid dienone is 1. The smallest absolute Gasteiger partial charge is 0.231 e. The minimum absolute atomic E-state index is 0.0323. The highest BCUT2D eigenvalue weighted by molar-refractivity contribution is 6.14. The molecule has 108 valence electrons. The van der Waals surface area contributed by atoms with Crippen molar-refractivity contribution < 1.29 is 14.3 Å². The molecule has 2 heterocycles. The molecule has 0 saturated heterocycles. The van der Waals surface area contributed by atoms with Crippen LogP contribution in [-0.2, 0) is 0 Å². The van der Waals surface area contributed by atoms with Crippen LogP contribution in [0.5, 0.6) is 11.5 Å². The number of fused-ring (bicyclic) bond motifs is 2. The summed E-state index contributed by atoms with van der Waals surface area (Å²) in [6, 6.07) is 13.4. The van der Waals surface area contributed by atoms with Crippen molar-refractivity contribution in [2.45, 2.75) is 0 Å². The van der Waals surface area contributed by atoms with E-state index >= 15 is 0 Å². The first-order valence-electron chi connectivity index (χ1n) is 6.99. The Morgan fingerprint density at radius 2 is 1.95 bits per heavy atom. The van der Waals surface area contributed by atoms with Gasteiger partial charge in [0, 0.05) is 22.7 Å². The van der Waals surface area contributed by atoms with E-state index in [0.717, 1.165) is 22.2 Å². The van der Waals surface area contributed by atoms with E-state index in [-0.39, 0.29) is 12.6 Å². The summed E-state index contributed by atoms with van der Waals surface area (Å²) in [4.78, 5) is 15.5. The average molecular weight is 291 g/mol. The van der Waals surface area contributed by atoms with E-state index < -0.39 is 0 Å². The molecule has 2 aromatic carbocycles. The van der Waals surface area contributed by atoms with Crippen molar-refractivity contribution in [2.24, 2.45) is 0 Å². The summed E-state index contributed by atoms with van der Waals surface area (Å²) in [7, 11) is 0. The summed E-state index contributed by atoms with van der Waals surface area (Å²) in [6.07, 6.45) is 5.11. The zero-order valence-electron chi connectivity index (χ0n) is 11.7. The number of nitrogens with one attached hydrogen (secondary N) is 1. The van der Waals surface area contributed by atoms with E-state index in [1.54, 1.807) is 18.3 Å². The van der Waals surface area contributed by atoms with Gasteiger partial charge in [-0.3, -0.25) is 4.79 Å². The summed E-state index contributed by atoms with van der Waals surface area (Å²) >= 11 is 0. The number of para-hydroxylation sites is 1. The lowest BCUT2D eigenvalue weighted by Gasteiger charge is -1.97. The summed E-state index contributed by atoms with van der Waals surface area (Å²) in [5.41, 5.74) is 2.53. The second-order valence-electron chi connectivity index (χ2n) is 5.06. The first-order valence-corrected chi connectivity index (χ1v) is 6.99. The SMILES string of the molecule is O=C(/C=C/c1ccc2c(c1)OCO2)c1c[nH]c2ccccc12. The number of hydrogen-bond donors (Lipinski definition) is 1. The largest absolute Gasteiger partial charge is 0.454 e. The van der Waals surface area contributed by atoms with E-state index in [9.17, 15) is 4.79 Å². The molecule has 1 aliphatic heterocycles. The molecule has 22 heavy (non-hydrogen) atoms. The van der Waals surface area contributed by atoms with Crippen LogP contribution in [0.4, 0.5) is 0 Å². The zero-order valence-corrected chi connectivity index (χ0v) is 11.7.